The number of carbonyl (C=O) groups is 1. The molecule has 2 rings (SSSR count). The smallest absolute Gasteiger partial charge is 0.352 e. The maximum atomic E-state index is 11.7. The third kappa shape index (κ3) is 1.92. The van der Waals surface area contributed by atoms with Crippen molar-refractivity contribution in [3.63, 3.8) is 0 Å². The monoisotopic (exact) mass is 284 g/mol. The Morgan fingerprint density at radius 1 is 1.05 bits per heavy atom. The lowest BCUT2D eigenvalue weighted by molar-refractivity contribution is 0.0684. The highest BCUT2D eigenvalue weighted by Crippen LogP contribution is 2.36. The number of nitrogens with zero attached hydrogens (tertiary/aromatic N) is 2. The molecule has 1 aromatic carbocycles. The first-order valence-corrected chi connectivity index (χ1v) is 6.97. The van der Waals surface area contributed by atoms with Gasteiger partial charge in [0.2, 0.25) is 0 Å². The first-order valence-electron chi connectivity index (χ1n) is 6.97. The van der Waals surface area contributed by atoms with E-state index in [1.807, 2.05) is 27.7 Å². The number of carboxylic acids is 1. The van der Waals surface area contributed by atoms with E-state index < -0.39 is 12.0 Å². The van der Waals surface area contributed by atoms with Crippen molar-refractivity contribution in [1.82, 2.24) is 4.57 Å². The van der Waals surface area contributed by atoms with Crippen molar-refractivity contribution < 1.29 is 9.90 Å². The Kier molecular flexibility index (Phi) is 3.54. The second-order valence-corrected chi connectivity index (χ2v) is 5.68. The van der Waals surface area contributed by atoms with Crippen molar-refractivity contribution in [1.29, 1.82) is 5.26 Å². The molecule has 1 atom stereocenters. The molecular weight excluding hydrogens is 264 g/mol. The van der Waals surface area contributed by atoms with Gasteiger partial charge in [0.1, 0.15) is 11.7 Å². The maximum absolute atomic E-state index is 11.7. The molecule has 4 heteroatoms. The van der Waals surface area contributed by atoms with Gasteiger partial charge in [0.05, 0.1) is 11.6 Å². The molecule has 0 aliphatic heterocycles. The molecule has 0 fully saturated rings. The van der Waals surface area contributed by atoms with E-state index in [0.717, 1.165) is 33.2 Å². The summed E-state index contributed by atoms with van der Waals surface area (Å²) in [5.41, 5.74) is 6.31. The fraction of sp³-hybridized carbons (Fsp3) is 0.412. The van der Waals surface area contributed by atoms with Gasteiger partial charge in [-0.1, -0.05) is 0 Å². The molecule has 1 heterocycles. The number of rotatable bonds is 2. The number of hydrogen-bond donors (Lipinski definition) is 1. The van der Waals surface area contributed by atoms with Gasteiger partial charge in [-0.3, -0.25) is 0 Å². The van der Waals surface area contributed by atoms with Crippen molar-refractivity contribution in [3.05, 3.63) is 33.5 Å². The van der Waals surface area contributed by atoms with Gasteiger partial charge in [-0.2, -0.15) is 5.26 Å². The molecule has 2 aromatic rings. The summed E-state index contributed by atoms with van der Waals surface area (Å²) < 4.78 is 1.67. The SMILES string of the molecule is Cc1c(C)c(C)c2c(c1C)c(C)c(C(=O)O)n2C(C)C#N. The summed E-state index contributed by atoms with van der Waals surface area (Å²) in [6.07, 6.45) is 0. The number of aromatic nitrogens is 1. The Morgan fingerprint density at radius 3 is 2.05 bits per heavy atom. The molecule has 1 aromatic heterocycles. The molecule has 1 unspecified atom stereocenters. The lowest BCUT2D eigenvalue weighted by Gasteiger charge is -2.16. The summed E-state index contributed by atoms with van der Waals surface area (Å²) >= 11 is 0. The molecule has 0 aliphatic carbocycles. The van der Waals surface area contributed by atoms with E-state index in [0.29, 0.717) is 0 Å². The van der Waals surface area contributed by atoms with Crippen molar-refractivity contribution in [2.45, 2.75) is 47.6 Å². The van der Waals surface area contributed by atoms with Crippen LogP contribution in [0.3, 0.4) is 0 Å². The van der Waals surface area contributed by atoms with Crippen LogP contribution >= 0.6 is 0 Å². The molecule has 110 valence electrons. The third-order valence-corrected chi connectivity index (χ3v) is 4.64. The molecule has 21 heavy (non-hydrogen) atoms. The van der Waals surface area contributed by atoms with Gasteiger partial charge >= 0.3 is 5.97 Å². The van der Waals surface area contributed by atoms with E-state index >= 15 is 0 Å². The molecular formula is C17H20N2O2. The molecule has 0 saturated heterocycles. The molecule has 1 N–H and O–H groups in total. The average Bonchev–Trinajstić information content (AvgIpc) is 2.75. The van der Waals surface area contributed by atoms with Crippen LogP contribution in [-0.4, -0.2) is 15.6 Å². The zero-order valence-corrected chi connectivity index (χ0v) is 13.3. The minimum Gasteiger partial charge on any atom is -0.477 e. The highest BCUT2D eigenvalue weighted by Gasteiger charge is 2.26. The number of aryl methyl sites for hydroxylation is 3. The minimum absolute atomic E-state index is 0.218. The topological polar surface area (TPSA) is 66.0 Å². The van der Waals surface area contributed by atoms with Gasteiger partial charge in [0.15, 0.2) is 0 Å². The lowest BCUT2D eigenvalue weighted by Crippen LogP contribution is -2.13. The Balaban J connectivity index is 3.17. The minimum atomic E-state index is -0.986. The van der Waals surface area contributed by atoms with Crippen LogP contribution in [0, 0.1) is 45.9 Å². The first kappa shape index (κ1) is 15.1. The van der Waals surface area contributed by atoms with E-state index in [9.17, 15) is 15.2 Å². The van der Waals surface area contributed by atoms with Crippen LogP contribution in [0.4, 0.5) is 0 Å². The molecule has 0 amide bonds. The van der Waals surface area contributed by atoms with E-state index in [1.165, 1.54) is 5.56 Å². The standard InChI is InChI=1S/C17H20N2O2/c1-8(7-18)19-15-12(5)10(3)9(2)11(4)14(15)13(6)16(19)17(20)21/h8H,1-6H3,(H,20,21). The van der Waals surface area contributed by atoms with Gasteiger partial charge in [0, 0.05) is 5.39 Å². The zero-order chi connectivity index (χ0) is 16.1. The van der Waals surface area contributed by atoms with Crippen molar-refractivity contribution in [2.24, 2.45) is 0 Å². The summed E-state index contributed by atoms with van der Waals surface area (Å²) in [5, 5.41) is 19.8. The largest absolute Gasteiger partial charge is 0.477 e. The zero-order valence-electron chi connectivity index (χ0n) is 13.3. The molecule has 0 bridgehead atoms. The van der Waals surface area contributed by atoms with E-state index in [1.54, 1.807) is 11.5 Å². The predicted octanol–water partition coefficient (Wildman–Crippen LogP) is 3.97. The quantitative estimate of drug-likeness (QED) is 0.907. The Hall–Kier alpha value is -2.28. The number of benzene rings is 1. The van der Waals surface area contributed by atoms with Crippen LogP contribution in [0.5, 0.6) is 0 Å². The number of hydrogen-bond acceptors (Lipinski definition) is 2. The van der Waals surface area contributed by atoms with Crippen molar-refractivity contribution >= 4 is 16.9 Å². The van der Waals surface area contributed by atoms with Gasteiger partial charge < -0.3 is 9.67 Å². The highest BCUT2D eigenvalue weighted by atomic mass is 16.4. The van der Waals surface area contributed by atoms with Gasteiger partial charge in [0.25, 0.3) is 0 Å². The number of nitriles is 1. The molecule has 0 spiro atoms. The summed E-state index contributed by atoms with van der Waals surface area (Å²) in [7, 11) is 0. The molecule has 0 saturated carbocycles. The van der Waals surface area contributed by atoms with Gasteiger partial charge in [-0.05, 0) is 69.4 Å². The summed E-state index contributed by atoms with van der Waals surface area (Å²) in [6.45, 7) is 11.7. The fourth-order valence-corrected chi connectivity index (χ4v) is 3.17. The molecule has 0 radical (unpaired) electrons. The molecule has 4 nitrogen and oxygen atoms in total. The number of carboxylic acid groups (broad SMARTS) is 1. The van der Waals surface area contributed by atoms with Gasteiger partial charge in [-0.15, -0.1) is 0 Å². The average molecular weight is 284 g/mol. The van der Waals surface area contributed by atoms with Crippen LogP contribution < -0.4 is 0 Å². The normalized spacial score (nSPS) is 12.4. The number of aromatic carboxylic acids is 1. The first-order chi connectivity index (χ1) is 9.73. The van der Waals surface area contributed by atoms with E-state index in [2.05, 4.69) is 13.0 Å². The summed E-state index contributed by atoms with van der Waals surface area (Å²) in [5.74, 6) is -0.986. The van der Waals surface area contributed by atoms with Gasteiger partial charge in [-0.25, -0.2) is 4.79 Å². The van der Waals surface area contributed by atoms with Crippen LogP contribution in [-0.2, 0) is 0 Å². The second-order valence-electron chi connectivity index (χ2n) is 5.68. The summed E-state index contributed by atoms with van der Waals surface area (Å²) in [6, 6.07) is 1.64. The Morgan fingerprint density at radius 2 is 1.57 bits per heavy atom. The number of fused-ring (bicyclic) bond motifs is 1. The Labute approximate surface area is 124 Å². The van der Waals surface area contributed by atoms with Crippen LogP contribution in [0.1, 0.15) is 51.3 Å². The lowest BCUT2D eigenvalue weighted by atomic mass is 9.94. The van der Waals surface area contributed by atoms with Crippen LogP contribution in [0.25, 0.3) is 10.9 Å². The van der Waals surface area contributed by atoms with E-state index in [4.69, 9.17) is 0 Å². The van der Waals surface area contributed by atoms with Crippen molar-refractivity contribution in [3.8, 4) is 6.07 Å². The fourth-order valence-electron chi connectivity index (χ4n) is 3.17. The highest BCUT2D eigenvalue weighted by molar-refractivity contribution is 6.01. The van der Waals surface area contributed by atoms with Crippen LogP contribution in [0.2, 0.25) is 0 Å². The van der Waals surface area contributed by atoms with Crippen LogP contribution in [0.15, 0.2) is 0 Å². The molecule has 0 aliphatic rings. The third-order valence-electron chi connectivity index (χ3n) is 4.64. The predicted molar refractivity (Wildman–Crippen MR) is 82.9 cm³/mol. The summed E-state index contributed by atoms with van der Waals surface area (Å²) in [4.78, 5) is 11.7. The van der Waals surface area contributed by atoms with E-state index in [-0.39, 0.29) is 5.69 Å². The Bertz CT molecular complexity index is 807. The van der Waals surface area contributed by atoms with Crippen molar-refractivity contribution in [2.75, 3.05) is 0 Å². The maximum Gasteiger partial charge on any atom is 0.352 e. The second kappa shape index (κ2) is 4.92.